The van der Waals surface area contributed by atoms with Crippen LogP contribution in [-0.2, 0) is 9.59 Å². The van der Waals surface area contributed by atoms with E-state index in [1.807, 2.05) is 72.8 Å². The van der Waals surface area contributed by atoms with Gasteiger partial charge < -0.3 is 0 Å². The van der Waals surface area contributed by atoms with Crippen LogP contribution in [0.25, 0.3) is 20.4 Å². The first-order valence-electron chi connectivity index (χ1n) is 10.4. The highest BCUT2D eigenvalue weighted by Crippen LogP contribution is 2.36. The average molecular weight is 489 g/mol. The van der Waals surface area contributed by atoms with Crippen molar-refractivity contribution in [2.24, 2.45) is 0 Å². The first-order valence-corrected chi connectivity index (χ1v) is 12.1. The van der Waals surface area contributed by atoms with Crippen molar-refractivity contribution in [3.05, 3.63) is 72.8 Å². The Morgan fingerprint density at radius 2 is 1.09 bits per heavy atom. The van der Waals surface area contributed by atoms with Crippen LogP contribution in [0.1, 0.15) is 13.8 Å². The van der Waals surface area contributed by atoms with Gasteiger partial charge in [0, 0.05) is 13.8 Å². The van der Waals surface area contributed by atoms with E-state index >= 15 is 0 Å². The summed E-state index contributed by atoms with van der Waals surface area (Å²) in [4.78, 5) is 34.0. The van der Waals surface area contributed by atoms with Crippen LogP contribution < -0.4 is 20.9 Å². The van der Waals surface area contributed by atoms with E-state index in [2.05, 4.69) is 20.8 Å². The van der Waals surface area contributed by atoms with E-state index in [1.165, 1.54) is 46.5 Å². The molecule has 10 heteroatoms. The fourth-order valence-corrected chi connectivity index (χ4v) is 5.38. The molecule has 2 heterocycles. The second kappa shape index (κ2) is 9.08. The van der Waals surface area contributed by atoms with Crippen LogP contribution >= 0.6 is 22.7 Å². The molecule has 3 aromatic carbocycles. The Bertz CT molecular complexity index is 1320. The quantitative estimate of drug-likeness (QED) is 0.300. The predicted molar refractivity (Wildman–Crippen MR) is 139 cm³/mol. The summed E-state index contributed by atoms with van der Waals surface area (Å²) in [7, 11) is 0. The maximum atomic E-state index is 12.3. The first-order chi connectivity index (χ1) is 16.5. The van der Waals surface area contributed by atoms with Crippen LogP contribution in [0, 0.1) is 0 Å². The Balaban J connectivity index is 1.47. The molecule has 2 N–H and O–H groups in total. The summed E-state index contributed by atoms with van der Waals surface area (Å²) >= 11 is 2.82. The molecular formula is C24H20N6O2S2. The van der Waals surface area contributed by atoms with Crippen LogP contribution in [0.4, 0.5) is 21.6 Å². The van der Waals surface area contributed by atoms with Crippen molar-refractivity contribution in [2.75, 3.05) is 20.9 Å². The molecule has 170 valence electrons. The molecule has 2 amide bonds. The molecule has 0 saturated carbocycles. The van der Waals surface area contributed by atoms with Crippen molar-refractivity contribution >= 4 is 76.6 Å². The van der Waals surface area contributed by atoms with Crippen LogP contribution in [-0.4, -0.2) is 21.8 Å². The van der Waals surface area contributed by atoms with Crippen molar-refractivity contribution in [2.45, 2.75) is 13.8 Å². The highest BCUT2D eigenvalue weighted by Gasteiger charge is 2.20. The molecule has 0 atom stereocenters. The molecule has 2 aromatic heterocycles. The van der Waals surface area contributed by atoms with Gasteiger partial charge in [0.05, 0.1) is 31.8 Å². The number of hydrogen-bond acceptors (Lipinski definition) is 8. The van der Waals surface area contributed by atoms with E-state index in [1.54, 1.807) is 0 Å². The molecule has 34 heavy (non-hydrogen) atoms. The molecule has 0 saturated heterocycles. The van der Waals surface area contributed by atoms with Gasteiger partial charge in [-0.25, -0.2) is 9.97 Å². The van der Waals surface area contributed by atoms with Gasteiger partial charge in [-0.1, -0.05) is 59.1 Å². The van der Waals surface area contributed by atoms with Crippen molar-refractivity contribution in [1.29, 1.82) is 0 Å². The predicted octanol–water partition coefficient (Wildman–Crippen LogP) is 5.67. The molecule has 8 nitrogen and oxygen atoms in total. The molecule has 0 radical (unpaired) electrons. The lowest BCUT2D eigenvalue weighted by molar-refractivity contribution is -0.117. The van der Waals surface area contributed by atoms with Gasteiger partial charge in [0.2, 0.25) is 22.1 Å². The third-order valence-corrected chi connectivity index (χ3v) is 6.92. The highest BCUT2D eigenvalue weighted by atomic mass is 32.1. The number of para-hydroxylation sites is 2. The number of thiazole rings is 2. The zero-order chi connectivity index (χ0) is 23.7. The zero-order valence-corrected chi connectivity index (χ0v) is 20.0. The number of amides is 2. The molecule has 0 fully saturated rings. The van der Waals surface area contributed by atoms with E-state index in [9.17, 15) is 9.59 Å². The van der Waals surface area contributed by atoms with Crippen LogP contribution in [0.3, 0.4) is 0 Å². The van der Waals surface area contributed by atoms with E-state index in [4.69, 9.17) is 0 Å². The van der Waals surface area contributed by atoms with Gasteiger partial charge in [0.1, 0.15) is 0 Å². The summed E-state index contributed by atoms with van der Waals surface area (Å²) in [6.07, 6.45) is 0. The number of carbonyl (C=O) groups excluding carboxylic acids is 2. The Kier molecular flexibility index (Phi) is 5.83. The third-order valence-electron chi connectivity index (χ3n) is 4.92. The zero-order valence-electron chi connectivity index (χ0n) is 18.4. The molecule has 0 bridgehead atoms. The Hall–Kier alpha value is -4.02. The maximum absolute atomic E-state index is 12.3. The number of anilines is 4. The molecule has 5 rings (SSSR count). The standard InChI is InChI=1S/C24H20N6O2S2/c1-15(31)29(27-17-9-5-3-6-10-17)23-25-19-13-20-22(14-21(19)33-23)34-24(26-20)30(16(2)32)28-18-11-7-4-8-12-18/h3-14,27-28H,1-2H3. The monoisotopic (exact) mass is 488 g/mol. The van der Waals surface area contributed by atoms with Crippen LogP contribution in [0.15, 0.2) is 72.8 Å². The van der Waals surface area contributed by atoms with Crippen molar-refractivity contribution < 1.29 is 9.59 Å². The fourth-order valence-electron chi connectivity index (χ4n) is 3.32. The summed E-state index contributed by atoms with van der Waals surface area (Å²) in [5, 5.41) is 3.96. The summed E-state index contributed by atoms with van der Waals surface area (Å²) in [5.41, 5.74) is 9.28. The van der Waals surface area contributed by atoms with Crippen molar-refractivity contribution in [3.63, 3.8) is 0 Å². The normalized spacial score (nSPS) is 10.9. The van der Waals surface area contributed by atoms with E-state index in [0.29, 0.717) is 10.3 Å². The van der Waals surface area contributed by atoms with Crippen LogP contribution in [0.5, 0.6) is 0 Å². The summed E-state index contributed by atoms with van der Waals surface area (Å²) in [6, 6.07) is 22.8. The van der Waals surface area contributed by atoms with Crippen molar-refractivity contribution in [1.82, 2.24) is 9.97 Å². The first kappa shape index (κ1) is 21.8. The number of nitrogens with zero attached hydrogens (tertiary/aromatic N) is 4. The summed E-state index contributed by atoms with van der Waals surface area (Å²) < 4.78 is 1.84. The third kappa shape index (κ3) is 4.41. The van der Waals surface area contributed by atoms with Gasteiger partial charge >= 0.3 is 0 Å². The Morgan fingerprint density at radius 3 is 1.47 bits per heavy atom. The topological polar surface area (TPSA) is 90.5 Å². The lowest BCUT2D eigenvalue weighted by Crippen LogP contribution is -2.34. The number of aromatic nitrogens is 2. The molecule has 0 unspecified atom stereocenters. The minimum Gasteiger partial charge on any atom is -0.289 e. The molecule has 0 spiro atoms. The number of nitrogens with one attached hydrogen (secondary N) is 2. The molecule has 5 aromatic rings. The fraction of sp³-hybridized carbons (Fsp3) is 0.0833. The minimum atomic E-state index is -0.172. The smallest absolute Gasteiger partial charge is 0.244 e. The number of hydrazine groups is 2. The number of hydrogen-bond donors (Lipinski definition) is 2. The average Bonchev–Trinajstić information content (AvgIpc) is 3.43. The second-order valence-corrected chi connectivity index (χ2v) is 9.46. The van der Waals surface area contributed by atoms with Gasteiger partial charge in [0.25, 0.3) is 0 Å². The maximum Gasteiger partial charge on any atom is 0.244 e. The van der Waals surface area contributed by atoms with Gasteiger partial charge in [-0.15, -0.1) is 0 Å². The number of rotatable bonds is 6. The molecule has 0 aliphatic carbocycles. The number of benzene rings is 3. The summed E-state index contributed by atoms with van der Waals surface area (Å²) in [6.45, 7) is 2.98. The number of fused-ring (bicyclic) bond motifs is 2. The lowest BCUT2D eigenvalue weighted by Gasteiger charge is -2.19. The van der Waals surface area contributed by atoms with Gasteiger partial charge in [-0.2, -0.15) is 10.0 Å². The van der Waals surface area contributed by atoms with E-state index in [0.717, 1.165) is 31.8 Å². The lowest BCUT2D eigenvalue weighted by atomic mass is 10.3. The molecule has 0 aliphatic heterocycles. The van der Waals surface area contributed by atoms with E-state index in [-0.39, 0.29) is 11.8 Å². The van der Waals surface area contributed by atoms with Gasteiger partial charge in [-0.3, -0.25) is 20.4 Å². The van der Waals surface area contributed by atoms with Gasteiger partial charge in [-0.05, 0) is 36.4 Å². The summed E-state index contributed by atoms with van der Waals surface area (Å²) in [5.74, 6) is -0.344. The van der Waals surface area contributed by atoms with E-state index < -0.39 is 0 Å². The molecular weight excluding hydrogens is 468 g/mol. The Morgan fingerprint density at radius 1 is 0.676 bits per heavy atom. The van der Waals surface area contributed by atoms with Crippen LogP contribution in [0.2, 0.25) is 0 Å². The largest absolute Gasteiger partial charge is 0.289 e. The highest BCUT2D eigenvalue weighted by molar-refractivity contribution is 7.24. The second-order valence-electron chi connectivity index (χ2n) is 7.45. The SMILES string of the molecule is CC(=O)N(Nc1ccccc1)c1nc2cc3nc(N(Nc4ccccc4)C(C)=O)sc3cc2s1. The van der Waals surface area contributed by atoms with Crippen molar-refractivity contribution in [3.8, 4) is 0 Å². The Labute approximate surface area is 203 Å². The minimum absolute atomic E-state index is 0.172. The molecule has 0 aliphatic rings. The van der Waals surface area contributed by atoms with Gasteiger partial charge in [0.15, 0.2) is 0 Å². The number of carbonyl (C=O) groups is 2.